The zero-order chi connectivity index (χ0) is 36.3. The predicted octanol–water partition coefficient (Wildman–Crippen LogP) is 0.471. The lowest BCUT2D eigenvalue weighted by atomic mass is 9.32. The average molecular weight is 697 g/mol. The number of carbonyl (C=O) groups excluding carboxylic acids is 1. The molecule has 17 atom stereocenters. The van der Waals surface area contributed by atoms with Crippen LogP contribution in [0.25, 0.3) is 0 Å². The third-order valence-electron chi connectivity index (χ3n) is 15.6. The smallest absolute Gasteiger partial charge is 0.315 e. The van der Waals surface area contributed by atoms with Crippen molar-refractivity contribution in [2.75, 3.05) is 13.2 Å². The van der Waals surface area contributed by atoms with E-state index in [1.165, 1.54) is 0 Å². The van der Waals surface area contributed by atoms with Crippen molar-refractivity contribution < 1.29 is 65.0 Å². The van der Waals surface area contributed by atoms with Crippen LogP contribution in [0.15, 0.2) is 11.6 Å². The molecule has 6 aliphatic rings. The van der Waals surface area contributed by atoms with Crippen LogP contribution in [0.3, 0.4) is 0 Å². The molecule has 4 saturated carbocycles. The minimum Gasteiger partial charge on any atom is -0.481 e. The normalized spacial score (nSPS) is 55.5. The minimum atomic E-state index is -1.92. The Labute approximate surface area is 286 Å². The van der Waals surface area contributed by atoms with E-state index in [1.54, 1.807) is 6.92 Å². The fraction of sp³-hybridized carbons (Fsp3) is 0.889. The number of aliphatic carboxylic acids is 1. The molecule has 0 bridgehead atoms. The van der Waals surface area contributed by atoms with Crippen LogP contribution in [0.2, 0.25) is 0 Å². The summed E-state index contributed by atoms with van der Waals surface area (Å²) in [5.41, 5.74) is -5.39. The molecule has 1 saturated heterocycles. The van der Waals surface area contributed by atoms with Gasteiger partial charge >= 0.3 is 11.9 Å². The molecule has 0 spiro atoms. The number of carboxylic acid groups (broad SMARTS) is 1. The molecule has 1 aliphatic heterocycles. The Bertz CT molecular complexity index is 1370. The zero-order valence-corrected chi connectivity index (χ0v) is 29.2. The number of ether oxygens (including phenoxy) is 2. The summed E-state index contributed by atoms with van der Waals surface area (Å²) in [6.07, 6.45) is -5.53. The fourth-order valence-corrected chi connectivity index (χ4v) is 12.4. The largest absolute Gasteiger partial charge is 0.481 e. The van der Waals surface area contributed by atoms with Crippen LogP contribution in [0.4, 0.5) is 0 Å². The Morgan fingerprint density at radius 3 is 2.20 bits per heavy atom. The van der Waals surface area contributed by atoms with Gasteiger partial charge in [0.1, 0.15) is 29.8 Å². The highest BCUT2D eigenvalue weighted by Gasteiger charge is 2.74. The second-order valence-corrected chi connectivity index (χ2v) is 17.4. The highest BCUT2D eigenvalue weighted by Crippen LogP contribution is 2.76. The first kappa shape index (κ1) is 37.1. The summed E-state index contributed by atoms with van der Waals surface area (Å²) in [6.45, 7) is 8.54. The van der Waals surface area contributed by atoms with Gasteiger partial charge in [-0.05, 0) is 92.3 Å². The maximum absolute atomic E-state index is 14.5. The first-order valence-corrected chi connectivity index (χ1v) is 17.9. The van der Waals surface area contributed by atoms with Crippen LogP contribution < -0.4 is 0 Å². The molecule has 0 unspecified atom stereocenters. The summed E-state index contributed by atoms with van der Waals surface area (Å²) >= 11 is 0. The van der Waals surface area contributed by atoms with Crippen LogP contribution in [0.1, 0.15) is 86.0 Å². The molecule has 13 nitrogen and oxygen atoms in total. The van der Waals surface area contributed by atoms with Crippen molar-refractivity contribution in [3.63, 3.8) is 0 Å². The van der Waals surface area contributed by atoms with Crippen molar-refractivity contribution in [1.29, 1.82) is 0 Å². The van der Waals surface area contributed by atoms with Crippen molar-refractivity contribution in [3.05, 3.63) is 11.6 Å². The summed E-state index contributed by atoms with van der Waals surface area (Å²) in [5, 5.41) is 96.6. The molecule has 278 valence electrons. The van der Waals surface area contributed by atoms with Gasteiger partial charge in [-0.1, -0.05) is 39.3 Å². The molecule has 5 aliphatic carbocycles. The van der Waals surface area contributed by atoms with Gasteiger partial charge < -0.3 is 55.4 Å². The summed E-state index contributed by atoms with van der Waals surface area (Å²) in [5.74, 6) is -3.67. The van der Waals surface area contributed by atoms with Gasteiger partial charge in [0, 0.05) is 5.92 Å². The van der Waals surface area contributed by atoms with Gasteiger partial charge in [-0.15, -0.1) is 0 Å². The van der Waals surface area contributed by atoms with Crippen LogP contribution in [0, 0.1) is 50.7 Å². The molecule has 1 heterocycles. The quantitative estimate of drug-likeness (QED) is 0.141. The van der Waals surface area contributed by atoms with E-state index in [0.717, 1.165) is 5.57 Å². The lowest BCUT2D eigenvalue weighted by Gasteiger charge is -2.72. The number of allylic oxidation sites excluding steroid dienone is 1. The van der Waals surface area contributed by atoms with E-state index < -0.39 is 113 Å². The summed E-state index contributed by atoms with van der Waals surface area (Å²) in [4.78, 5) is 27.3. The van der Waals surface area contributed by atoms with Crippen LogP contribution in [-0.4, -0.2) is 120 Å². The summed E-state index contributed by atoms with van der Waals surface area (Å²) in [7, 11) is 0. The number of aliphatic hydroxyl groups is 8. The predicted molar refractivity (Wildman–Crippen MR) is 171 cm³/mol. The monoisotopic (exact) mass is 696 g/mol. The van der Waals surface area contributed by atoms with E-state index in [1.807, 2.05) is 13.8 Å². The first-order valence-electron chi connectivity index (χ1n) is 17.9. The molecule has 0 amide bonds. The van der Waals surface area contributed by atoms with Gasteiger partial charge in [0.25, 0.3) is 0 Å². The molecular formula is C36H56O13. The van der Waals surface area contributed by atoms with E-state index in [9.17, 15) is 55.5 Å². The second-order valence-electron chi connectivity index (χ2n) is 17.4. The van der Waals surface area contributed by atoms with Crippen LogP contribution in [0.5, 0.6) is 0 Å². The number of hydrogen-bond donors (Lipinski definition) is 9. The topological polar surface area (TPSA) is 235 Å². The summed E-state index contributed by atoms with van der Waals surface area (Å²) in [6, 6.07) is 0. The third kappa shape index (κ3) is 4.69. The molecule has 5 fully saturated rings. The maximum atomic E-state index is 14.5. The number of hydrogen-bond acceptors (Lipinski definition) is 12. The van der Waals surface area contributed by atoms with Crippen molar-refractivity contribution in [2.45, 2.75) is 135 Å². The third-order valence-corrected chi connectivity index (χ3v) is 15.6. The molecule has 0 aromatic heterocycles. The average Bonchev–Trinajstić information content (AvgIpc) is 3.04. The lowest BCUT2D eigenvalue weighted by molar-refractivity contribution is -0.299. The second kappa shape index (κ2) is 11.9. The van der Waals surface area contributed by atoms with Crippen LogP contribution >= 0.6 is 0 Å². The highest BCUT2D eigenvalue weighted by atomic mass is 16.7. The van der Waals surface area contributed by atoms with E-state index in [-0.39, 0.29) is 18.3 Å². The van der Waals surface area contributed by atoms with Crippen molar-refractivity contribution in [2.24, 2.45) is 50.7 Å². The van der Waals surface area contributed by atoms with Gasteiger partial charge in [0.2, 0.25) is 6.29 Å². The van der Waals surface area contributed by atoms with Gasteiger partial charge in [-0.25, -0.2) is 0 Å². The fourth-order valence-electron chi connectivity index (χ4n) is 12.4. The number of rotatable bonds is 5. The van der Waals surface area contributed by atoms with Gasteiger partial charge in [0.05, 0.1) is 36.4 Å². The highest BCUT2D eigenvalue weighted by molar-refractivity contribution is 5.79. The molecule has 0 radical (unpaired) electrons. The molecule has 0 aromatic carbocycles. The van der Waals surface area contributed by atoms with Crippen molar-refractivity contribution in [1.82, 2.24) is 0 Å². The van der Waals surface area contributed by atoms with Crippen molar-refractivity contribution >= 4 is 11.9 Å². The molecule has 9 N–H and O–H groups in total. The van der Waals surface area contributed by atoms with Crippen molar-refractivity contribution in [3.8, 4) is 0 Å². The van der Waals surface area contributed by atoms with E-state index in [0.29, 0.717) is 44.9 Å². The molecule has 0 aromatic rings. The van der Waals surface area contributed by atoms with Crippen LogP contribution in [-0.2, 0) is 19.1 Å². The molecule has 49 heavy (non-hydrogen) atoms. The number of carbonyl (C=O) groups is 2. The Kier molecular flexibility index (Phi) is 9.03. The van der Waals surface area contributed by atoms with Gasteiger partial charge in [0.15, 0.2) is 0 Å². The summed E-state index contributed by atoms with van der Waals surface area (Å²) < 4.78 is 11.4. The van der Waals surface area contributed by atoms with E-state index >= 15 is 0 Å². The number of carboxylic acids is 1. The number of esters is 1. The number of aliphatic hydroxyl groups excluding tert-OH is 7. The lowest BCUT2D eigenvalue weighted by Crippen LogP contribution is -2.71. The molecule has 13 heteroatoms. The minimum absolute atomic E-state index is 0.153. The standard InChI is InChI=1S/C36H56O13/c1-17-8-11-35(30(46)49-28-25(42)24(41)23(40)20(15-37)48-28)13-12-32(3)18(26(35)34(17,5)47)6-7-21-31(2)14-19(39)27(43)36(16-38,29(44)45)22(31)9-10-33(21,32)4/h6,17,19-28,37-43,47H,7-16H2,1-5H3,(H,44,45)/t17-,19-,20-,21-,22-,23-,24+,25-,26+,27-,28+,31-,32-,33-,34-,35+,36-/m1/s1. The maximum Gasteiger partial charge on any atom is 0.315 e. The van der Waals surface area contributed by atoms with E-state index in [2.05, 4.69) is 19.9 Å². The SMILES string of the molecule is C[C@@H]1CC[C@]2(C(=O)O[C@@H]3O[C@H](CO)[C@@H](O)[C@H](O)[C@H]3O)CC[C@]3(C)C(=CC[C@@H]4[C@@]5(C)C[C@@H](O)[C@@H](O)[C@](CO)(C(=O)O)[C@@H]5CC[C@]43C)[C@H]2[C@]1(C)O. The number of fused-ring (bicyclic) bond motifs is 7. The molecular weight excluding hydrogens is 640 g/mol. The van der Waals surface area contributed by atoms with Gasteiger partial charge in [-0.3, -0.25) is 9.59 Å². The Hall–Kier alpha value is -1.68. The Morgan fingerprint density at radius 2 is 1.59 bits per heavy atom. The van der Waals surface area contributed by atoms with Gasteiger partial charge in [-0.2, -0.15) is 0 Å². The Morgan fingerprint density at radius 1 is 0.918 bits per heavy atom. The van der Waals surface area contributed by atoms with E-state index in [4.69, 9.17) is 9.47 Å². The zero-order valence-electron chi connectivity index (χ0n) is 29.2. The molecule has 6 rings (SSSR count). The first-order chi connectivity index (χ1) is 22.7. The Balaban J connectivity index is 1.41.